The van der Waals surface area contributed by atoms with Crippen LogP contribution in [0.2, 0.25) is 0 Å². The third-order valence-corrected chi connectivity index (χ3v) is 3.43. The molecule has 1 aliphatic rings. The number of nitrogens with zero attached hydrogens (tertiary/aromatic N) is 4. The average Bonchev–Trinajstić information content (AvgIpc) is 2.28. The largest absolute Gasteiger partial charge is 0.239 e. The molecule has 17 heavy (non-hydrogen) atoms. The topological polar surface area (TPSA) is 13.0 Å². The van der Waals surface area contributed by atoms with Crippen molar-refractivity contribution in [2.45, 2.75) is 39.5 Å². The average molecular weight is 278 g/mol. The molecule has 4 nitrogen and oxygen atoms in total. The second-order valence-electron chi connectivity index (χ2n) is 4.60. The zero-order valence-electron chi connectivity index (χ0n) is 11.0. The summed E-state index contributed by atoms with van der Waals surface area (Å²) in [5, 5.41) is 4.80. The minimum Gasteiger partial charge on any atom is -0.239 e. The minimum absolute atomic E-state index is 0.804. The van der Waals surface area contributed by atoms with Gasteiger partial charge in [0.25, 0.3) is 0 Å². The molecule has 0 spiro atoms. The molecule has 0 bridgehead atoms. The Morgan fingerprint density at radius 2 is 1.35 bits per heavy atom. The first-order valence-corrected chi connectivity index (χ1v) is 7.34. The van der Waals surface area contributed by atoms with Crippen LogP contribution in [-0.4, -0.2) is 51.7 Å². The molecule has 0 radical (unpaired) electrons. The van der Waals surface area contributed by atoms with E-state index in [2.05, 4.69) is 49.5 Å². The summed E-state index contributed by atoms with van der Waals surface area (Å²) >= 11 is 8.86. The van der Waals surface area contributed by atoms with Crippen LogP contribution >= 0.6 is 25.6 Å². The Morgan fingerprint density at radius 3 is 1.76 bits per heavy atom. The van der Waals surface area contributed by atoms with Crippen molar-refractivity contribution < 1.29 is 0 Å². The van der Waals surface area contributed by atoms with Gasteiger partial charge in [0.15, 0.2) is 0 Å². The Bertz CT molecular complexity index is 188. The molecule has 102 valence electrons. The lowest BCUT2D eigenvalue weighted by Gasteiger charge is -2.43. The summed E-state index contributed by atoms with van der Waals surface area (Å²) in [5.41, 5.74) is 0. The molecule has 1 saturated heterocycles. The van der Waals surface area contributed by atoms with Gasteiger partial charge in [-0.15, -0.1) is 0 Å². The maximum atomic E-state index is 4.43. The highest BCUT2D eigenvalue weighted by Gasteiger charge is 2.23. The van der Waals surface area contributed by atoms with Gasteiger partial charge in [0.05, 0.1) is 20.0 Å². The molecule has 1 heterocycles. The summed E-state index contributed by atoms with van der Waals surface area (Å²) in [4.78, 5) is 0. The summed E-state index contributed by atoms with van der Waals surface area (Å²) in [6.07, 6.45) is 4.98. The summed E-state index contributed by atoms with van der Waals surface area (Å²) in [7, 11) is 0. The van der Waals surface area contributed by atoms with Crippen LogP contribution in [-0.2, 0) is 0 Å². The molecule has 0 aromatic carbocycles. The van der Waals surface area contributed by atoms with Crippen molar-refractivity contribution in [1.82, 2.24) is 18.6 Å². The van der Waals surface area contributed by atoms with Crippen molar-refractivity contribution in [3.63, 3.8) is 0 Å². The molecule has 0 aromatic rings. The molecular formula is C11H26N4S2. The van der Waals surface area contributed by atoms with Gasteiger partial charge in [-0.1, -0.05) is 52.3 Å². The molecule has 6 heteroatoms. The molecule has 1 rings (SSSR count). The van der Waals surface area contributed by atoms with Crippen LogP contribution in [0.3, 0.4) is 0 Å². The molecule has 0 N–H and O–H groups in total. The lowest BCUT2D eigenvalue weighted by atomic mass is 10.3. The van der Waals surface area contributed by atoms with E-state index in [1.54, 1.807) is 0 Å². The van der Waals surface area contributed by atoms with E-state index in [0.717, 1.165) is 33.1 Å². The standard InChI is InChI=1S/C11H26N4S2/c1-3-5-7-12(8-6-4-2)13-9-14(16)11-15(17)10-13/h16-17H,3-11H2,1-2H3. The monoisotopic (exact) mass is 278 g/mol. The van der Waals surface area contributed by atoms with Crippen molar-refractivity contribution >= 4 is 25.6 Å². The van der Waals surface area contributed by atoms with Gasteiger partial charge < -0.3 is 0 Å². The number of hydrogen-bond acceptors (Lipinski definition) is 6. The number of thiol groups is 2. The highest BCUT2D eigenvalue weighted by atomic mass is 32.1. The van der Waals surface area contributed by atoms with Crippen molar-refractivity contribution in [3.05, 3.63) is 0 Å². The van der Waals surface area contributed by atoms with Crippen LogP contribution in [0.1, 0.15) is 39.5 Å². The third-order valence-electron chi connectivity index (χ3n) is 2.92. The fraction of sp³-hybridized carbons (Fsp3) is 1.00. The fourth-order valence-electron chi connectivity index (χ4n) is 1.95. The highest BCUT2D eigenvalue weighted by Crippen LogP contribution is 2.14. The van der Waals surface area contributed by atoms with Crippen LogP contribution < -0.4 is 0 Å². The van der Waals surface area contributed by atoms with E-state index in [1.807, 2.05) is 8.61 Å². The van der Waals surface area contributed by atoms with Crippen LogP contribution in [0.15, 0.2) is 0 Å². The Kier molecular flexibility index (Phi) is 7.90. The number of unbranched alkanes of at least 4 members (excludes halogenated alkanes) is 2. The molecular weight excluding hydrogens is 252 g/mol. The molecule has 0 aliphatic carbocycles. The van der Waals surface area contributed by atoms with Gasteiger partial charge in [-0.05, 0) is 12.8 Å². The first-order chi connectivity index (χ1) is 8.17. The third kappa shape index (κ3) is 5.81. The SMILES string of the molecule is CCCCN(CCCC)N1CN(S)CN(S)C1. The van der Waals surface area contributed by atoms with Gasteiger partial charge in [0.1, 0.15) is 0 Å². The van der Waals surface area contributed by atoms with Gasteiger partial charge in [-0.2, -0.15) is 0 Å². The molecule has 1 aliphatic heterocycles. The summed E-state index contributed by atoms with van der Waals surface area (Å²) in [6, 6.07) is 0. The predicted octanol–water partition coefficient (Wildman–Crippen LogP) is 2.29. The zero-order chi connectivity index (χ0) is 12.7. The number of hydrogen-bond donors (Lipinski definition) is 2. The predicted molar refractivity (Wildman–Crippen MR) is 79.5 cm³/mol. The molecule has 0 amide bonds. The van der Waals surface area contributed by atoms with E-state index in [9.17, 15) is 0 Å². The zero-order valence-corrected chi connectivity index (χ0v) is 12.8. The second-order valence-corrected chi connectivity index (χ2v) is 5.74. The van der Waals surface area contributed by atoms with E-state index < -0.39 is 0 Å². The van der Waals surface area contributed by atoms with E-state index >= 15 is 0 Å². The maximum absolute atomic E-state index is 4.43. The van der Waals surface area contributed by atoms with Gasteiger partial charge >= 0.3 is 0 Å². The van der Waals surface area contributed by atoms with Gasteiger partial charge in [0, 0.05) is 13.1 Å². The summed E-state index contributed by atoms with van der Waals surface area (Å²) < 4.78 is 3.97. The Balaban J connectivity index is 2.47. The molecule has 0 saturated carbocycles. The van der Waals surface area contributed by atoms with Crippen molar-refractivity contribution in [2.24, 2.45) is 0 Å². The second kappa shape index (κ2) is 8.61. The van der Waals surface area contributed by atoms with Crippen LogP contribution in [0, 0.1) is 0 Å². The first kappa shape index (κ1) is 15.6. The molecule has 1 fully saturated rings. The maximum Gasteiger partial charge on any atom is 0.0772 e. The van der Waals surface area contributed by atoms with E-state index in [1.165, 1.54) is 25.7 Å². The molecule has 0 unspecified atom stereocenters. The molecule has 0 aromatic heterocycles. The quantitative estimate of drug-likeness (QED) is 0.693. The van der Waals surface area contributed by atoms with Gasteiger partial charge in [-0.3, -0.25) is 0 Å². The smallest absolute Gasteiger partial charge is 0.0772 e. The van der Waals surface area contributed by atoms with Crippen LogP contribution in [0.4, 0.5) is 0 Å². The molecule has 0 atom stereocenters. The number of rotatable bonds is 7. The van der Waals surface area contributed by atoms with Crippen molar-refractivity contribution in [2.75, 3.05) is 33.1 Å². The Hall–Kier alpha value is 0.540. The van der Waals surface area contributed by atoms with E-state index in [0.29, 0.717) is 0 Å². The summed E-state index contributed by atoms with van der Waals surface area (Å²) in [6.45, 7) is 9.33. The van der Waals surface area contributed by atoms with Crippen molar-refractivity contribution in [3.8, 4) is 0 Å². The van der Waals surface area contributed by atoms with Crippen molar-refractivity contribution in [1.29, 1.82) is 0 Å². The van der Waals surface area contributed by atoms with Crippen LogP contribution in [0.5, 0.6) is 0 Å². The first-order valence-electron chi connectivity index (χ1n) is 6.54. The minimum atomic E-state index is 0.804. The lowest BCUT2D eigenvalue weighted by Crippen LogP contribution is -2.56. The fourth-order valence-corrected chi connectivity index (χ4v) is 2.65. The summed E-state index contributed by atoms with van der Waals surface area (Å²) in [5.74, 6) is 0. The van der Waals surface area contributed by atoms with Gasteiger partial charge in [-0.25, -0.2) is 18.6 Å². The number of hydrazine groups is 1. The van der Waals surface area contributed by atoms with Gasteiger partial charge in [0.2, 0.25) is 0 Å². The normalized spacial score (nSPS) is 20.3. The lowest BCUT2D eigenvalue weighted by molar-refractivity contribution is -0.0970. The Labute approximate surface area is 117 Å². The highest BCUT2D eigenvalue weighted by molar-refractivity contribution is 7.78. The Morgan fingerprint density at radius 1 is 0.882 bits per heavy atom. The van der Waals surface area contributed by atoms with E-state index in [-0.39, 0.29) is 0 Å². The van der Waals surface area contributed by atoms with Crippen LogP contribution in [0.25, 0.3) is 0 Å². The van der Waals surface area contributed by atoms with E-state index in [4.69, 9.17) is 0 Å².